The lowest BCUT2D eigenvalue weighted by molar-refractivity contribution is 0.158. The average Bonchev–Trinajstić information content (AvgIpc) is 2.34. The average molecular weight is 206 g/mol. The predicted molar refractivity (Wildman–Crippen MR) is 40.4 cm³/mol. The van der Waals surface area contributed by atoms with Crippen molar-refractivity contribution < 1.29 is 9.52 Å². The lowest BCUT2D eigenvalue weighted by Crippen LogP contribution is -2.10. The molecule has 0 amide bonds. The molecule has 0 aliphatic rings. The highest BCUT2D eigenvalue weighted by molar-refractivity contribution is 9.10. The number of hydrogen-bond acceptors (Lipinski definition) is 3. The maximum atomic E-state index is 9.10. The third-order valence-corrected chi connectivity index (χ3v) is 1.56. The predicted octanol–water partition coefficient (Wildman–Crippen LogP) is 1.03. The van der Waals surface area contributed by atoms with Gasteiger partial charge in [0.15, 0.2) is 0 Å². The zero-order chi connectivity index (χ0) is 7.56. The van der Waals surface area contributed by atoms with E-state index >= 15 is 0 Å². The molecule has 1 unspecified atom stereocenters. The van der Waals surface area contributed by atoms with E-state index in [9.17, 15) is 0 Å². The van der Waals surface area contributed by atoms with E-state index in [1.807, 2.05) is 0 Å². The Morgan fingerprint density at radius 3 is 2.90 bits per heavy atom. The van der Waals surface area contributed by atoms with Crippen LogP contribution < -0.4 is 5.73 Å². The van der Waals surface area contributed by atoms with E-state index in [1.54, 1.807) is 6.07 Å². The van der Waals surface area contributed by atoms with Gasteiger partial charge in [0.05, 0.1) is 4.47 Å². The highest BCUT2D eigenvalue weighted by atomic mass is 79.9. The Labute approximate surface area is 67.0 Å². The molecule has 0 fully saturated rings. The molecule has 3 N–H and O–H groups in total. The van der Waals surface area contributed by atoms with Crippen LogP contribution in [-0.4, -0.2) is 11.7 Å². The lowest BCUT2D eigenvalue weighted by atomic mass is 10.3. The molecule has 1 rings (SSSR count). The van der Waals surface area contributed by atoms with Gasteiger partial charge < -0.3 is 15.3 Å². The molecule has 1 aromatic heterocycles. The fraction of sp³-hybridized carbons (Fsp3) is 0.333. The number of aliphatic hydroxyl groups excluding tert-OH is 1. The van der Waals surface area contributed by atoms with Crippen molar-refractivity contribution in [1.29, 1.82) is 0 Å². The second-order valence-corrected chi connectivity index (χ2v) is 2.83. The smallest absolute Gasteiger partial charge is 0.134 e. The fourth-order valence-corrected chi connectivity index (χ4v) is 0.938. The molecule has 0 radical (unpaired) electrons. The maximum absolute atomic E-state index is 9.10. The van der Waals surface area contributed by atoms with Gasteiger partial charge in [0, 0.05) is 6.54 Å². The third-order valence-electron chi connectivity index (χ3n) is 1.14. The molecule has 1 atom stereocenters. The molecule has 0 spiro atoms. The summed E-state index contributed by atoms with van der Waals surface area (Å²) in [5, 5.41) is 9.10. The molecule has 3 nitrogen and oxygen atoms in total. The van der Waals surface area contributed by atoms with Crippen LogP contribution in [0.3, 0.4) is 0 Å². The molecule has 10 heavy (non-hydrogen) atoms. The van der Waals surface area contributed by atoms with Gasteiger partial charge in [-0.25, -0.2) is 0 Å². The van der Waals surface area contributed by atoms with Crippen LogP contribution in [0.5, 0.6) is 0 Å². The maximum Gasteiger partial charge on any atom is 0.134 e. The quantitative estimate of drug-likeness (QED) is 0.759. The molecule has 56 valence electrons. The van der Waals surface area contributed by atoms with E-state index < -0.39 is 6.10 Å². The van der Waals surface area contributed by atoms with E-state index in [-0.39, 0.29) is 6.54 Å². The molecule has 1 heterocycles. The monoisotopic (exact) mass is 205 g/mol. The summed E-state index contributed by atoms with van der Waals surface area (Å²) in [5.41, 5.74) is 5.19. The molecular weight excluding hydrogens is 198 g/mol. The van der Waals surface area contributed by atoms with Gasteiger partial charge in [-0.1, -0.05) is 0 Å². The summed E-state index contributed by atoms with van der Waals surface area (Å²) in [6.07, 6.45) is 0.820. The van der Waals surface area contributed by atoms with Crippen molar-refractivity contribution >= 4 is 15.9 Å². The van der Waals surface area contributed by atoms with Crippen molar-refractivity contribution in [2.75, 3.05) is 6.54 Å². The largest absolute Gasteiger partial charge is 0.465 e. The topological polar surface area (TPSA) is 59.4 Å². The van der Waals surface area contributed by atoms with Gasteiger partial charge in [0.1, 0.15) is 18.1 Å². The minimum Gasteiger partial charge on any atom is -0.465 e. The van der Waals surface area contributed by atoms with Crippen LogP contribution >= 0.6 is 15.9 Å². The molecule has 0 saturated carbocycles. The SMILES string of the molecule is NCC(O)c1cc(Br)co1. The summed E-state index contributed by atoms with van der Waals surface area (Å²) in [6, 6.07) is 1.69. The minimum atomic E-state index is -0.689. The number of aliphatic hydroxyl groups is 1. The number of furan rings is 1. The molecule has 0 saturated heterocycles. The van der Waals surface area contributed by atoms with E-state index in [4.69, 9.17) is 15.3 Å². The van der Waals surface area contributed by atoms with Crippen LogP contribution in [-0.2, 0) is 0 Å². The summed E-state index contributed by atoms with van der Waals surface area (Å²) >= 11 is 3.18. The van der Waals surface area contributed by atoms with Crippen molar-refractivity contribution in [2.24, 2.45) is 5.73 Å². The summed E-state index contributed by atoms with van der Waals surface area (Å²) in [6.45, 7) is 0.181. The molecule has 0 aliphatic carbocycles. The van der Waals surface area contributed by atoms with E-state index in [0.29, 0.717) is 5.76 Å². The molecule has 1 aromatic rings. The van der Waals surface area contributed by atoms with Crippen LogP contribution in [0.25, 0.3) is 0 Å². The normalized spacial score (nSPS) is 13.5. The summed E-state index contributed by atoms with van der Waals surface area (Å²) in [4.78, 5) is 0. The number of nitrogens with two attached hydrogens (primary N) is 1. The summed E-state index contributed by atoms with van der Waals surface area (Å²) in [5.74, 6) is 0.495. The first-order chi connectivity index (χ1) is 4.74. The highest BCUT2D eigenvalue weighted by Crippen LogP contribution is 2.19. The van der Waals surface area contributed by atoms with Gasteiger partial charge in [-0.05, 0) is 22.0 Å². The van der Waals surface area contributed by atoms with Crippen LogP contribution in [0.2, 0.25) is 0 Å². The molecule has 0 bridgehead atoms. The molecule has 4 heteroatoms. The van der Waals surface area contributed by atoms with Gasteiger partial charge in [-0.3, -0.25) is 0 Å². The molecule has 0 aliphatic heterocycles. The second-order valence-electron chi connectivity index (χ2n) is 1.92. The minimum absolute atomic E-state index is 0.181. The summed E-state index contributed by atoms with van der Waals surface area (Å²) < 4.78 is 5.75. The van der Waals surface area contributed by atoms with Crippen molar-refractivity contribution in [3.63, 3.8) is 0 Å². The number of hydrogen-bond donors (Lipinski definition) is 2. The van der Waals surface area contributed by atoms with Crippen molar-refractivity contribution in [3.05, 3.63) is 22.6 Å². The molecule has 0 aromatic carbocycles. The van der Waals surface area contributed by atoms with Crippen LogP contribution in [0.4, 0.5) is 0 Å². The zero-order valence-corrected chi connectivity index (χ0v) is 6.84. The molecular formula is C6H8BrNO2. The van der Waals surface area contributed by atoms with Gasteiger partial charge in [0.2, 0.25) is 0 Å². The van der Waals surface area contributed by atoms with Gasteiger partial charge >= 0.3 is 0 Å². The second kappa shape index (κ2) is 3.18. The Kier molecular flexibility index (Phi) is 2.48. The standard InChI is InChI=1S/C6H8BrNO2/c7-4-1-6(10-3-4)5(9)2-8/h1,3,5,9H,2,8H2. The first kappa shape index (κ1) is 7.78. The zero-order valence-electron chi connectivity index (χ0n) is 5.25. The van der Waals surface area contributed by atoms with Gasteiger partial charge in [-0.2, -0.15) is 0 Å². The van der Waals surface area contributed by atoms with Crippen LogP contribution in [0.15, 0.2) is 21.2 Å². The number of halogens is 1. The number of rotatable bonds is 2. The van der Waals surface area contributed by atoms with Crippen molar-refractivity contribution in [2.45, 2.75) is 6.10 Å². The Hall–Kier alpha value is -0.320. The Morgan fingerprint density at radius 1 is 1.80 bits per heavy atom. The Bertz CT molecular complexity index is 211. The van der Waals surface area contributed by atoms with E-state index in [0.717, 1.165) is 4.47 Å². The van der Waals surface area contributed by atoms with Crippen molar-refractivity contribution in [1.82, 2.24) is 0 Å². The fourth-order valence-electron chi connectivity index (χ4n) is 0.619. The van der Waals surface area contributed by atoms with E-state index in [1.165, 1.54) is 6.26 Å². The summed E-state index contributed by atoms with van der Waals surface area (Å²) in [7, 11) is 0. The highest BCUT2D eigenvalue weighted by Gasteiger charge is 2.08. The van der Waals surface area contributed by atoms with Crippen molar-refractivity contribution in [3.8, 4) is 0 Å². The first-order valence-electron chi connectivity index (χ1n) is 2.86. The Morgan fingerprint density at radius 2 is 2.50 bits per heavy atom. The Balaban J connectivity index is 2.74. The lowest BCUT2D eigenvalue weighted by Gasteiger charge is -2.00. The third kappa shape index (κ3) is 1.59. The van der Waals surface area contributed by atoms with Crippen LogP contribution in [0.1, 0.15) is 11.9 Å². The van der Waals surface area contributed by atoms with Crippen LogP contribution in [0, 0.1) is 0 Å². The van der Waals surface area contributed by atoms with Gasteiger partial charge in [-0.15, -0.1) is 0 Å². The first-order valence-corrected chi connectivity index (χ1v) is 3.65. The van der Waals surface area contributed by atoms with Gasteiger partial charge in [0.25, 0.3) is 0 Å². The van der Waals surface area contributed by atoms with E-state index in [2.05, 4.69) is 15.9 Å².